The summed E-state index contributed by atoms with van der Waals surface area (Å²) in [5.74, 6) is 0.0673. The maximum atomic E-state index is 12.8. The van der Waals surface area contributed by atoms with Crippen LogP contribution in [0.3, 0.4) is 0 Å². The predicted octanol–water partition coefficient (Wildman–Crippen LogP) is 3.29. The molecule has 25 heavy (non-hydrogen) atoms. The van der Waals surface area contributed by atoms with Crippen molar-refractivity contribution >= 4 is 21.6 Å². The lowest BCUT2D eigenvalue weighted by Gasteiger charge is -2.30. The normalized spacial score (nSPS) is 16.0. The molecule has 0 N–H and O–H groups in total. The average molecular weight is 367 g/mol. The topological polar surface area (TPSA) is 57.7 Å². The van der Waals surface area contributed by atoms with Crippen LogP contribution in [0.25, 0.3) is 0 Å². The number of benzene rings is 1. The molecule has 2 rings (SSSR count). The van der Waals surface area contributed by atoms with E-state index in [-0.39, 0.29) is 18.4 Å². The Morgan fingerprint density at radius 3 is 2.28 bits per heavy atom. The summed E-state index contributed by atoms with van der Waals surface area (Å²) in [5.41, 5.74) is 2.48. The molecule has 0 aliphatic carbocycles. The van der Waals surface area contributed by atoms with E-state index in [0.717, 1.165) is 49.9 Å². The summed E-state index contributed by atoms with van der Waals surface area (Å²) < 4.78 is 26.3. The van der Waals surface area contributed by atoms with Crippen LogP contribution in [-0.2, 0) is 14.8 Å². The molecule has 1 aromatic rings. The third kappa shape index (κ3) is 4.97. The van der Waals surface area contributed by atoms with E-state index in [0.29, 0.717) is 5.69 Å². The van der Waals surface area contributed by atoms with Crippen molar-refractivity contribution in [3.8, 4) is 0 Å². The van der Waals surface area contributed by atoms with Crippen molar-refractivity contribution < 1.29 is 13.2 Å². The Hall–Kier alpha value is -1.56. The lowest BCUT2D eigenvalue weighted by molar-refractivity contribution is -0.129. The molecule has 0 bridgehead atoms. The number of likely N-dealkylation sites (tertiary alicyclic amines) is 1. The van der Waals surface area contributed by atoms with Crippen molar-refractivity contribution in [2.45, 2.75) is 52.4 Å². The molecule has 0 unspecified atom stereocenters. The van der Waals surface area contributed by atoms with Gasteiger partial charge >= 0.3 is 0 Å². The van der Waals surface area contributed by atoms with Gasteiger partial charge in [-0.25, -0.2) is 8.42 Å². The van der Waals surface area contributed by atoms with E-state index in [4.69, 9.17) is 0 Å². The Kier molecular flexibility index (Phi) is 6.49. The van der Waals surface area contributed by atoms with Crippen LogP contribution in [0.1, 0.15) is 56.6 Å². The summed E-state index contributed by atoms with van der Waals surface area (Å²) in [6.45, 7) is 7.30. The van der Waals surface area contributed by atoms with E-state index in [2.05, 4.69) is 0 Å². The Balaban J connectivity index is 2.37. The molecule has 6 heteroatoms. The quantitative estimate of drug-likeness (QED) is 0.803. The van der Waals surface area contributed by atoms with Gasteiger partial charge in [0.1, 0.15) is 6.54 Å². The molecule has 1 heterocycles. The summed E-state index contributed by atoms with van der Waals surface area (Å²) >= 11 is 0. The summed E-state index contributed by atoms with van der Waals surface area (Å²) in [4.78, 5) is 14.6. The van der Waals surface area contributed by atoms with E-state index in [1.165, 1.54) is 10.6 Å². The number of hydrogen-bond acceptors (Lipinski definition) is 3. The number of para-hydroxylation sites is 1. The van der Waals surface area contributed by atoms with Crippen LogP contribution in [0.4, 0.5) is 5.69 Å². The second-order valence-electron chi connectivity index (χ2n) is 7.23. The maximum Gasteiger partial charge on any atom is 0.243 e. The Labute approximate surface area is 152 Å². The Morgan fingerprint density at radius 1 is 1.16 bits per heavy atom. The van der Waals surface area contributed by atoms with Crippen LogP contribution in [0.2, 0.25) is 0 Å². The van der Waals surface area contributed by atoms with Crippen molar-refractivity contribution in [2.24, 2.45) is 0 Å². The molecule has 1 aromatic carbocycles. The predicted molar refractivity (Wildman–Crippen MR) is 103 cm³/mol. The highest BCUT2D eigenvalue weighted by Gasteiger charge is 2.27. The smallest absolute Gasteiger partial charge is 0.243 e. The molecule has 0 atom stereocenters. The van der Waals surface area contributed by atoms with Gasteiger partial charge in [-0.15, -0.1) is 0 Å². The number of aryl methyl sites for hydroxylation is 1. The fraction of sp³-hybridized carbons (Fsp3) is 0.632. The van der Waals surface area contributed by atoms with Crippen LogP contribution in [0, 0.1) is 6.92 Å². The van der Waals surface area contributed by atoms with Gasteiger partial charge in [-0.2, -0.15) is 0 Å². The number of anilines is 1. The van der Waals surface area contributed by atoms with Crippen LogP contribution in [0.5, 0.6) is 0 Å². The SMILES string of the molecule is Cc1cccc(C(C)C)c1N(CC(=O)N1CCCCCC1)S(C)(=O)=O. The highest BCUT2D eigenvalue weighted by Crippen LogP contribution is 2.32. The number of hydrogen-bond donors (Lipinski definition) is 0. The van der Waals surface area contributed by atoms with Crippen molar-refractivity contribution in [1.29, 1.82) is 0 Å². The monoisotopic (exact) mass is 366 g/mol. The first-order valence-electron chi connectivity index (χ1n) is 9.07. The molecule has 0 aromatic heterocycles. The van der Waals surface area contributed by atoms with Crippen molar-refractivity contribution in [1.82, 2.24) is 4.90 Å². The number of sulfonamides is 1. The second kappa shape index (κ2) is 8.21. The van der Waals surface area contributed by atoms with Crippen molar-refractivity contribution in [3.63, 3.8) is 0 Å². The number of carbonyl (C=O) groups is 1. The largest absolute Gasteiger partial charge is 0.341 e. The van der Waals surface area contributed by atoms with Gasteiger partial charge < -0.3 is 4.90 Å². The van der Waals surface area contributed by atoms with E-state index >= 15 is 0 Å². The zero-order valence-electron chi connectivity index (χ0n) is 15.8. The lowest BCUT2D eigenvalue weighted by Crippen LogP contribution is -2.43. The average Bonchev–Trinajstić information content (AvgIpc) is 2.80. The highest BCUT2D eigenvalue weighted by atomic mass is 32.2. The van der Waals surface area contributed by atoms with Gasteiger partial charge in [-0.05, 0) is 36.8 Å². The first-order valence-corrected chi connectivity index (χ1v) is 10.9. The summed E-state index contributed by atoms with van der Waals surface area (Å²) in [5, 5.41) is 0. The molecule has 1 fully saturated rings. The molecule has 0 saturated carbocycles. The molecular weight excluding hydrogens is 336 g/mol. The highest BCUT2D eigenvalue weighted by molar-refractivity contribution is 7.92. The van der Waals surface area contributed by atoms with Gasteiger partial charge in [-0.3, -0.25) is 9.10 Å². The Morgan fingerprint density at radius 2 is 1.76 bits per heavy atom. The van der Waals surface area contributed by atoms with Gasteiger partial charge in [0, 0.05) is 13.1 Å². The Bertz CT molecular complexity index is 705. The van der Waals surface area contributed by atoms with Gasteiger partial charge in [0.05, 0.1) is 11.9 Å². The van der Waals surface area contributed by atoms with Crippen molar-refractivity contribution in [2.75, 3.05) is 30.2 Å². The molecule has 1 aliphatic rings. The first-order chi connectivity index (χ1) is 11.7. The fourth-order valence-electron chi connectivity index (χ4n) is 3.39. The minimum Gasteiger partial charge on any atom is -0.341 e. The van der Waals surface area contributed by atoms with E-state index in [1.54, 1.807) is 0 Å². The zero-order chi connectivity index (χ0) is 18.6. The number of amides is 1. The summed E-state index contributed by atoms with van der Waals surface area (Å²) in [6.07, 6.45) is 5.43. The lowest BCUT2D eigenvalue weighted by atomic mass is 9.98. The van der Waals surface area contributed by atoms with E-state index < -0.39 is 10.0 Å². The third-order valence-electron chi connectivity index (χ3n) is 4.78. The van der Waals surface area contributed by atoms with Crippen LogP contribution in [-0.4, -0.2) is 45.1 Å². The van der Waals surface area contributed by atoms with Gasteiger partial charge in [0.15, 0.2) is 0 Å². The molecular formula is C19H30N2O3S. The number of nitrogens with zero attached hydrogens (tertiary/aromatic N) is 2. The van der Waals surface area contributed by atoms with Gasteiger partial charge in [0.2, 0.25) is 15.9 Å². The molecule has 0 radical (unpaired) electrons. The van der Waals surface area contributed by atoms with Gasteiger partial charge in [0.25, 0.3) is 0 Å². The fourth-order valence-corrected chi connectivity index (χ4v) is 4.32. The summed E-state index contributed by atoms with van der Waals surface area (Å²) in [7, 11) is -3.55. The molecule has 140 valence electrons. The first kappa shape index (κ1) is 19.8. The molecule has 1 aliphatic heterocycles. The molecule has 1 amide bonds. The minimum atomic E-state index is -3.55. The van der Waals surface area contributed by atoms with Gasteiger partial charge in [-0.1, -0.05) is 44.9 Å². The second-order valence-corrected chi connectivity index (χ2v) is 9.14. The summed E-state index contributed by atoms with van der Waals surface area (Å²) in [6, 6.07) is 5.78. The molecule has 5 nitrogen and oxygen atoms in total. The number of carbonyl (C=O) groups excluding carboxylic acids is 1. The van der Waals surface area contributed by atoms with E-state index in [9.17, 15) is 13.2 Å². The molecule has 1 saturated heterocycles. The van der Waals surface area contributed by atoms with Crippen molar-refractivity contribution in [3.05, 3.63) is 29.3 Å². The number of rotatable bonds is 5. The minimum absolute atomic E-state index is 0.106. The molecule has 0 spiro atoms. The van der Waals surface area contributed by atoms with E-state index in [1.807, 2.05) is 43.9 Å². The maximum absolute atomic E-state index is 12.8. The van der Waals surface area contributed by atoms with Crippen LogP contribution in [0.15, 0.2) is 18.2 Å². The standard InChI is InChI=1S/C19H30N2O3S/c1-15(2)17-11-9-10-16(3)19(17)21(25(4,23)24)14-18(22)20-12-7-5-6-8-13-20/h9-11,15H,5-8,12-14H2,1-4H3. The third-order valence-corrected chi connectivity index (χ3v) is 5.89. The van der Waals surface area contributed by atoms with Crippen LogP contribution >= 0.6 is 0 Å². The zero-order valence-corrected chi connectivity index (χ0v) is 16.6. The van der Waals surface area contributed by atoms with Crippen LogP contribution < -0.4 is 4.31 Å².